The first-order chi connectivity index (χ1) is 11.6. The fourth-order valence-corrected chi connectivity index (χ4v) is 3.06. The average Bonchev–Trinajstić information content (AvgIpc) is 2.94. The zero-order valence-corrected chi connectivity index (χ0v) is 14.3. The van der Waals surface area contributed by atoms with E-state index in [1.165, 1.54) is 11.5 Å². The largest absolute Gasteiger partial charge is 0.379 e. The zero-order valence-electron chi connectivity index (χ0n) is 13.5. The number of amides is 1. The number of carbonyl (C=O) groups excluding carboxylic acids is 2. The number of morpholine rings is 1. The van der Waals surface area contributed by atoms with Crippen molar-refractivity contribution in [3.05, 3.63) is 35.0 Å². The third kappa shape index (κ3) is 3.61. The summed E-state index contributed by atoms with van der Waals surface area (Å²) in [6.45, 7) is 6.05. The molecule has 1 aromatic heterocycles. The Kier molecular flexibility index (Phi) is 5.18. The molecule has 6 nitrogen and oxygen atoms in total. The fourth-order valence-electron chi connectivity index (χ4n) is 2.89. The summed E-state index contributed by atoms with van der Waals surface area (Å²) in [5, 5.41) is 4.18. The quantitative estimate of drug-likeness (QED) is 0.917. The molecule has 1 aromatic carbocycles. The van der Waals surface area contributed by atoms with Gasteiger partial charge in [-0.05, 0) is 12.1 Å². The van der Waals surface area contributed by atoms with Gasteiger partial charge in [0.05, 0.1) is 24.3 Å². The summed E-state index contributed by atoms with van der Waals surface area (Å²) < 4.78 is 6.76. The van der Waals surface area contributed by atoms with E-state index in [2.05, 4.69) is 10.2 Å². The van der Waals surface area contributed by atoms with E-state index in [9.17, 15) is 9.59 Å². The van der Waals surface area contributed by atoms with E-state index in [0.717, 1.165) is 38.2 Å². The SMILES string of the molecule is CC(=O)n1cc(C(=O)NCCN2CCOCC2)c2ccc(Cl)cc21. The molecule has 0 spiro atoms. The van der Waals surface area contributed by atoms with E-state index >= 15 is 0 Å². The van der Waals surface area contributed by atoms with Crippen molar-refractivity contribution in [2.45, 2.75) is 6.92 Å². The van der Waals surface area contributed by atoms with Gasteiger partial charge in [-0.25, -0.2) is 0 Å². The summed E-state index contributed by atoms with van der Waals surface area (Å²) in [4.78, 5) is 26.6. The lowest BCUT2D eigenvalue weighted by molar-refractivity contribution is 0.0383. The van der Waals surface area contributed by atoms with Gasteiger partial charge in [0.15, 0.2) is 0 Å². The zero-order chi connectivity index (χ0) is 17.1. The van der Waals surface area contributed by atoms with Crippen LogP contribution in [0.15, 0.2) is 24.4 Å². The molecule has 0 atom stereocenters. The van der Waals surface area contributed by atoms with Crippen molar-refractivity contribution < 1.29 is 14.3 Å². The fraction of sp³-hybridized carbons (Fsp3) is 0.412. The van der Waals surface area contributed by atoms with Gasteiger partial charge in [-0.1, -0.05) is 17.7 Å². The van der Waals surface area contributed by atoms with Crippen molar-refractivity contribution in [2.75, 3.05) is 39.4 Å². The molecule has 128 valence electrons. The number of nitrogens with zero attached hydrogens (tertiary/aromatic N) is 2. The highest BCUT2D eigenvalue weighted by Gasteiger charge is 2.17. The monoisotopic (exact) mass is 349 g/mol. The maximum Gasteiger partial charge on any atom is 0.253 e. The van der Waals surface area contributed by atoms with Gasteiger partial charge in [-0.2, -0.15) is 0 Å². The lowest BCUT2D eigenvalue weighted by Crippen LogP contribution is -2.41. The van der Waals surface area contributed by atoms with Crippen molar-refractivity contribution in [1.29, 1.82) is 0 Å². The predicted molar refractivity (Wildman–Crippen MR) is 92.8 cm³/mol. The Morgan fingerprint density at radius 3 is 2.75 bits per heavy atom. The molecule has 24 heavy (non-hydrogen) atoms. The van der Waals surface area contributed by atoms with Gasteiger partial charge in [0.2, 0.25) is 5.91 Å². The van der Waals surface area contributed by atoms with E-state index in [0.29, 0.717) is 22.6 Å². The molecule has 1 fully saturated rings. The van der Waals surface area contributed by atoms with Crippen LogP contribution in [0.4, 0.5) is 0 Å². The van der Waals surface area contributed by atoms with Crippen LogP contribution in [0.1, 0.15) is 22.1 Å². The van der Waals surface area contributed by atoms with Gasteiger partial charge >= 0.3 is 0 Å². The third-order valence-corrected chi connectivity index (χ3v) is 4.40. The highest BCUT2D eigenvalue weighted by molar-refractivity contribution is 6.31. The van der Waals surface area contributed by atoms with Crippen LogP contribution in [0.25, 0.3) is 10.9 Å². The first-order valence-electron chi connectivity index (χ1n) is 7.96. The van der Waals surface area contributed by atoms with E-state index in [1.54, 1.807) is 24.4 Å². The van der Waals surface area contributed by atoms with Crippen LogP contribution in [0.2, 0.25) is 5.02 Å². The molecule has 2 aromatic rings. The molecule has 1 aliphatic rings. The smallest absolute Gasteiger partial charge is 0.253 e. The number of halogens is 1. The maximum absolute atomic E-state index is 12.5. The first-order valence-corrected chi connectivity index (χ1v) is 8.34. The maximum atomic E-state index is 12.5. The number of hydrogen-bond donors (Lipinski definition) is 1. The van der Waals surface area contributed by atoms with E-state index in [1.807, 2.05) is 0 Å². The molecule has 0 unspecified atom stereocenters. The second-order valence-electron chi connectivity index (χ2n) is 5.80. The molecule has 0 radical (unpaired) electrons. The Balaban J connectivity index is 1.73. The second kappa shape index (κ2) is 7.34. The van der Waals surface area contributed by atoms with Gasteiger partial charge in [0, 0.05) is 49.7 Å². The minimum absolute atomic E-state index is 0.158. The number of fused-ring (bicyclic) bond motifs is 1. The first kappa shape index (κ1) is 17.0. The predicted octanol–water partition coefficient (Wildman–Crippen LogP) is 2.02. The van der Waals surface area contributed by atoms with Gasteiger partial charge in [0.25, 0.3) is 5.91 Å². The van der Waals surface area contributed by atoms with E-state index in [4.69, 9.17) is 16.3 Å². The molecule has 1 amide bonds. The number of nitrogens with one attached hydrogen (secondary N) is 1. The van der Waals surface area contributed by atoms with Crippen molar-refractivity contribution in [2.24, 2.45) is 0 Å². The minimum Gasteiger partial charge on any atom is -0.379 e. The Morgan fingerprint density at radius 1 is 1.29 bits per heavy atom. The van der Waals surface area contributed by atoms with Crippen LogP contribution >= 0.6 is 11.6 Å². The Labute approximate surface area is 145 Å². The third-order valence-electron chi connectivity index (χ3n) is 4.17. The summed E-state index contributed by atoms with van der Waals surface area (Å²) in [7, 11) is 0. The van der Waals surface area contributed by atoms with Crippen LogP contribution in [0.5, 0.6) is 0 Å². The summed E-state index contributed by atoms with van der Waals surface area (Å²) in [6, 6.07) is 5.19. The van der Waals surface area contributed by atoms with Gasteiger partial charge < -0.3 is 10.1 Å². The summed E-state index contributed by atoms with van der Waals surface area (Å²) in [5.41, 5.74) is 1.13. The topological polar surface area (TPSA) is 63.6 Å². The normalized spacial score (nSPS) is 15.6. The van der Waals surface area contributed by atoms with Crippen LogP contribution in [-0.2, 0) is 4.74 Å². The highest BCUT2D eigenvalue weighted by atomic mass is 35.5. The van der Waals surface area contributed by atoms with E-state index in [-0.39, 0.29) is 11.8 Å². The molecule has 0 bridgehead atoms. The Morgan fingerprint density at radius 2 is 2.04 bits per heavy atom. The molecule has 1 aliphatic heterocycles. The Hall–Kier alpha value is -1.89. The molecular formula is C17H20ClN3O3. The van der Waals surface area contributed by atoms with Crippen LogP contribution in [0, 0.1) is 0 Å². The van der Waals surface area contributed by atoms with Crippen molar-refractivity contribution in [1.82, 2.24) is 14.8 Å². The standard InChI is InChI=1S/C17H20ClN3O3/c1-12(22)21-11-15(14-3-2-13(18)10-16(14)21)17(23)19-4-5-20-6-8-24-9-7-20/h2-3,10-11H,4-9H2,1H3,(H,19,23). The van der Waals surface area contributed by atoms with Gasteiger partial charge in [0.1, 0.15) is 0 Å². The van der Waals surface area contributed by atoms with Crippen LogP contribution < -0.4 is 5.32 Å². The molecule has 0 aliphatic carbocycles. The van der Waals surface area contributed by atoms with Crippen molar-refractivity contribution in [3.63, 3.8) is 0 Å². The molecule has 7 heteroatoms. The Bertz CT molecular complexity index is 766. The van der Waals surface area contributed by atoms with Crippen molar-refractivity contribution >= 4 is 34.3 Å². The summed E-state index contributed by atoms with van der Waals surface area (Å²) in [5.74, 6) is -0.342. The van der Waals surface area contributed by atoms with Gasteiger partial charge in [-0.15, -0.1) is 0 Å². The molecule has 1 N–H and O–H groups in total. The number of carbonyl (C=O) groups is 2. The lowest BCUT2D eigenvalue weighted by atomic mass is 10.1. The van der Waals surface area contributed by atoms with Crippen LogP contribution in [-0.4, -0.2) is 60.7 Å². The molecule has 2 heterocycles. The molecular weight excluding hydrogens is 330 g/mol. The number of ether oxygens (including phenoxy) is 1. The number of aromatic nitrogens is 1. The lowest BCUT2D eigenvalue weighted by Gasteiger charge is -2.26. The molecule has 0 saturated carbocycles. The van der Waals surface area contributed by atoms with Gasteiger partial charge in [-0.3, -0.25) is 19.1 Å². The highest BCUT2D eigenvalue weighted by Crippen LogP contribution is 2.24. The molecule has 1 saturated heterocycles. The number of rotatable bonds is 4. The minimum atomic E-state index is -0.185. The summed E-state index contributed by atoms with van der Waals surface area (Å²) >= 11 is 6.01. The van der Waals surface area contributed by atoms with Crippen molar-refractivity contribution in [3.8, 4) is 0 Å². The van der Waals surface area contributed by atoms with Crippen LogP contribution in [0.3, 0.4) is 0 Å². The number of hydrogen-bond acceptors (Lipinski definition) is 4. The average molecular weight is 350 g/mol. The summed E-state index contributed by atoms with van der Waals surface area (Å²) in [6.07, 6.45) is 1.58. The number of benzene rings is 1. The molecule has 3 rings (SSSR count). The second-order valence-corrected chi connectivity index (χ2v) is 6.24. The van der Waals surface area contributed by atoms with E-state index < -0.39 is 0 Å².